The van der Waals surface area contributed by atoms with Crippen LogP contribution in [0.2, 0.25) is 0 Å². The number of benzene rings is 1. The lowest BCUT2D eigenvalue weighted by Crippen LogP contribution is -2.44. The Morgan fingerprint density at radius 3 is 2.46 bits per heavy atom. The van der Waals surface area contributed by atoms with E-state index >= 15 is 0 Å². The van der Waals surface area contributed by atoms with Gasteiger partial charge in [0.05, 0.1) is 0 Å². The molecule has 0 saturated heterocycles. The van der Waals surface area contributed by atoms with Crippen molar-refractivity contribution in [3.8, 4) is 11.5 Å². The molecule has 1 aromatic heterocycles. The number of carbonyl (C=O) groups excluding carboxylic acids is 2. The first-order chi connectivity index (χ1) is 12.5. The quantitative estimate of drug-likeness (QED) is 0.802. The van der Waals surface area contributed by atoms with Crippen molar-refractivity contribution in [2.24, 2.45) is 5.41 Å². The van der Waals surface area contributed by atoms with Crippen molar-refractivity contribution in [3.63, 3.8) is 0 Å². The summed E-state index contributed by atoms with van der Waals surface area (Å²) in [6.07, 6.45) is 3.31. The van der Waals surface area contributed by atoms with E-state index in [0.29, 0.717) is 36.9 Å². The van der Waals surface area contributed by atoms with Gasteiger partial charge in [-0.05, 0) is 43.7 Å². The summed E-state index contributed by atoms with van der Waals surface area (Å²) in [5, 5.41) is 5.55. The van der Waals surface area contributed by atoms with Crippen molar-refractivity contribution in [1.29, 1.82) is 0 Å². The summed E-state index contributed by atoms with van der Waals surface area (Å²) < 4.78 is 11.0. The molecular formula is C19H21N3O4. The molecule has 0 spiro atoms. The number of aromatic nitrogens is 1. The van der Waals surface area contributed by atoms with Crippen LogP contribution in [0.4, 0.5) is 5.69 Å². The van der Waals surface area contributed by atoms with Gasteiger partial charge < -0.3 is 20.1 Å². The van der Waals surface area contributed by atoms with Gasteiger partial charge in [-0.1, -0.05) is 0 Å². The molecule has 26 heavy (non-hydrogen) atoms. The number of nitrogens with one attached hydrogen (secondary N) is 2. The number of nitrogens with zero attached hydrogens (tertiary/aromatic N) is 1. The van der Waals surface area contributed by atoms with E-state index < -0.39 is 11.3 Å². The number of hydrogen-bond acceptors (Lipinski definition) is 5. The molecule has 1 aromatic carbocycles. The third-order valence-corrected chi connectivity index (χ3v) is 4.14. The summed E-state index contributed by atoms with van der Waals surface area (Å²) in [4.78, 5) is 29.0. The Labute approximate surface area is 151 Å². The monoisotopic (exact) mass is 355 g/mol. The molecule has 3 rings (SSSR count). The zero-order chi connectivity index (χ0) is 18.6. The maximum Gasteiger partial charge on any atom is 0.239 e. The highest BCUT2D eigenvalue weighted by molar-refractivity contribution is 6.09. The number of pyridine rings is 1. The summed E-state index contributed by atoms with van der Waals surface area (Å²) in [5.41, 5.74) is 0.228. The lowest BCUT2D eigenvalue weighted by molar-refractivity contribution is -0.138. The maximum absolute atomic E-state index is 12.6. The van der Waals surface area contributed by atoms with E-state index in [-0.39, 0.29) is 5.91 Å². The predicted molar refractivity (Wildman–Crippen MR) is 95.9 cm³/mol. The van der Waals surface area contributed by atoms with Crippen LogP contribution in [0.3, 0.4) is 0 Å². The number of carbonyl (C=O) groups is 2. The summed E-state index contributed by atoms with van der Waals surface area (Å²) >= 11 is 0. The zero-order valence-corrected chi connectivity index (χ0v) is 14.7. The Bertz CT molecular complexity index is 806. The highest BCUT2D eigenvalue weighted by Crippen LogP contribution is 2.33. The average molecular weight is 355 g/mol. The van der Waals surface area contributed by atoms with Crippen molar-refractivity contribution in [1.82, 2.24) is 10.3 Å². The van der Waals surface area contributed by atoms with Gasteiger partial charge in [-0.15, -0.1) is 0 Å². The number of ether oxygens (including phenoxy) is 2. The van der Waals surface area contributed by atoms with Crippen molar-refractivity contribution < 1.29 is 19.1 Å². The van der Waals surface area contributed by atoms with Crippen LogP contribution in [0, 0.1) is 5.41 Å². The van der Waals surface area contributed by atoms with Crippen LogP contribution in [-0.4, -0.2) is 30.0 Å². The molecule has 0 saturated carbocycles. The molecule has 2 heterocycles. The minimum Gasteiger partial charge on any atom is -0.486 e. The van der Waals surface area contributed by atoms with Gasteiger partial charge in [-0.3, -0.25) is 14.6 Å². The van der Waals surface area contributed by atoms with Gasteiger partial charge >= 0.3 is 0 Å². The molecule has 1 aliphatic rings. The molecule has 7 heteroatoms. The molecule has 0 atom stereocenters. The minimum absolute atomic E-state index is 0.335. The summed E-state index contributed by atoms with van der Waals surface area (Å²) in [5.74, 6) is 0.461. The molecular weight excluding hydrogens is 334 g/mol. The van der Waals surface area contributed by atoms with E-state index in [0.717, 1.165) is 5.56 Å². The van der Waals surface area contributed by atoms with Crippen molar-refractivity contribution in [2.75, 3.05) is 18.5 Å². The van der Waals surface area contributed by atoms with Gasteiger partial charge in [0.2, 0.25) is 11.8 Å². The molecule has 7 nitrogen and oxygen atoms in total. The lowest BCUT2D eigenvalue weighted by atomic mass is 9.90. The third kappa shape index (κ3) is 3.93. The fraction of sp³-hybridized carbons (Fsp3) is 0.316. The SMILES string of the molecule is CC(C)(C(=O)NCc1ccncc1)C(=O)Nc1ccc2c(c1)OCCO2. The maximum atomic E-state index is 12.6. The van der Waals surface area contributed by atoms with Crippen molar-refractivity contribution in [3.05, 3.63) is 48.3 Å². The Morgan fingerprint density at radius 1 is 1.04 bits per heavy atom. The largest absolute Gasteiger partial charge is 0.486 e. The predicted octanol–water partition coefficient (Wildman–Crippen LogP) is 2.13. The Balaban J connectivity index is 1.62. The van der Waals surface area contributed by atoms with Crippen molar-refractivity contribution in [2.45, 2.75) is 20.4 Å². The normalized spacial score (nSPS) is 13.0. The van der Waals surface area contributed by atoms with Gasteiger partial charge in [0, 0.05) is 30.7 Å². The van der Waals surface area contributed by atoms with Crippen LogP contribution in [0.1, 0.15) is 19.4 Å². The minimum atomic E-state index is -1.24. The van der Waals surface area contributed by atoms with Crippen molar-refractivity contribution >= 4 is 17.5 Å². The van der Waals surface area contributed by atoms with E-state index in [1.54, 1.807) is 44.4 Å². The second kappa shape index (κ2) is 7.43. The Morgan fingerprint density at radius 2 is 1.73 bits per heavy atom. The lowest BCUT2D eigenvalue weighted by Gasteiger charge is -2.24. The van der Waals surface area contributed by atoms with Crippen LogP contribution in [0.15, 0.2) is 42.7 Å². The van der Waals surface area contributed by atoms with E-state index in [9.17, 15) is 9.59 Å². The number of anilines is 1. The molecule has 2 amide bonds. The molecule has 0 radical (unpaired) electrons. The summed E-state index contributed by atoms with van der Waals surface area (Å²) in [7, 11) is 0. The molecule has 136 valence electrons. The van der Waals surface area contributed by atoms with E-state index in [2.05, 4.69) is 15.6 Å². The third-order valence-electron chi connectivity index (χ3n) is 4.14. The van der Waals surface area contributed by atoms with Gasteiger partial charge in [0.15, 0.2) is 11.5 Å². The van der Waals surface area contributed by atoms with Crippen LogP contribution in [0.25, 0.3) is 0 Å². The first kappa shape index (κ1) is 17.7. The van der Waals surface area contributed by atoms with Crippen LogP contribution < -0.4 is 20.1 Å². The van der Waals surface area contributed by atoms with E-state index in [4.69, 9.17) is 9.47 Å². The average Bonchev–Trinajstić information content (AvgIpc) is 2.66. The Kier molecular flexibility index (Phi) is 5.06. The van der Waals surface area contributed by atoms with Crippen LogP contribution in [0.5, 0.6) is 11.5 Å². The van der Waals surface area contributed by atoms with Crippen LogP contribution >= 0.6 is 0 Å². The molecule has 0 unspecified atom stereocenters. The fourth-order valence-corrected chi connectivity index (χ4v) is 2.42. The van der Waals surface area contributed by atoms with E-state index in [1.165, 1.54) is 0 Å². The highest BCUT2D eigenvalue weighted by Gasteiger charge is 2.36. The first-order valence-corrected chi connectivity index (χ1v) is 8.35. The second-order valence-electron chi connectivity index (χ2n) is 6.48. The molecule has 2 N–H and O–H groups in total. The number of rotatable bonds is 5. The summed E-state index contributed by atoms with van der Waals surface area (Å²) in [6, 6.07) is 8.76. The topological polar surface area (TPSA) is 89.6 Å². The fourth-order valence-electron chi connectivity index (χ4n) is 2.42. The van der Waals surface area contributed by atoms with Gasteiger partial charge in [0.1, 0.15) is 18.6 Å². The number of fused-ring (bicyclic) bond motifs is 1. The van der Waals surface area contributed by atoms with Gasteiger partial charge in [-0.25, -0.2) is 0 Å². The molecule has 1 aliphatic heterocycles. The summed E-state index contributed by atoms with van der Waals surface area (Å²) in [6.45, 7) is 4.48. The van der Waals surface area contributed by atoms with Gasteiger partial charge in [-0.2, -0.15) is 0 Å². The van der Waals surface area contributed by atoms with E-state index in [1.807, 2.05) is 12.1 Å². The second-order valence-corrected chi connectivity index (χ2v) is 6.48. The highest BCUT2D eigenvalue weighted by atomic mass is 16.6. The standard InChI is InChI=1S/C19H21N3O4/c1-19(2,17(23)21-12-13-5-7-20-8-6-13)18(24)22-14-3-4-15-16(11-14)26-10-9-25-15/h3-8,11H,9-10,12H2,1-2H3,(H,21,23)(H,22,24). The zero-order valence-electron chi connectivity index (χ0n) is 14.7. The Hall–Kier alpha value is -3.09. The molecule has 2 aromatic rings. The number of hydrogen-bond donors (Lipinski definition) is 2. The molecule has 0 bridgehead atoms. The molecule has 0 fully saturated rings. The van der Waals surface area contributed by atoms with Gasteiger partial charge in [0.25, 0.3) is 0 Å². The smallest absolute Gasteiger partial charge is 0.239 e. The van der Waals surface area contributed by atoms with Crippen LogP contribution in [-0.2, 0) is 16.1 Å². The first-order valence-electron chi connectivity index (χ1n) is 8.35. The molecule has 0 aliphatic carbocycles. The number of amides is 2.